The van der Waals surface area contributed by atoms with E-state index in [-0.39, 0.29) is 5.69 Å². The number of aryl methyl sites for hydroxylation is 1. The topological polar surface area (TPSA) is 12.9 Å². The molecule has 1 aromatic heterocycles. The van der Waals surface area contributed by atoms with Gasteiger partial charge in [-0.15, -0.1) is 0 Å². The molecule has 0 amide bonds. The third-order valence-corrected chi connectivity index (χ3v) is 2.73. The van der Waals surface area contributed by atoms with Gasteiger partial charge in [0.05, 0.1) is 5.02 Å². The molecule has 0 radical (unpaired) electrons. The SMILES string of the molecule is Cc1cnc(-c2cc(Cl)ccc2Cl)c(F)c1. The molecule has 1 aromatic carbocycles. The van der Waals surface area contributed by atoms with Crippen molar-refractivity contribution in [3.63, 3.8) is 0 Å². The fraction of sp³-hybridized carbons (Fsp3) is 0.0833. The van der Waals surface area contributed by atoms with Crippen LogP contribution in [0.2, 0.25) is 10.0 Å². The lowest BCUT2D eigenvalue weighted by atomic mass is 10.1. The largest absolute Gasteiger partial charge is 0.253 e. The van der Waals surface area contributed by atoms with Gasteiger partial charge in [0.25, 0.3) is 0 Å². The second kappa shape index (κ2) is 4.40. The van der Waals surface area contributed by atoms with Crippen LogP contribution in [0, 0.1) is 12.7 Å². The van der Waals surface area contributed by atoms with Crippen molar-refractivity contribution in [2.45, 2.75) is 6.92 Å². The van der Waals surface area contributed by atoms with Crippen molar-refractivity contribution < 1.29 is 4.39 Å². The van der Waals surface area contributed by atoms with Crippen molar-refractivity contribution in [2.24, 2.45) is 0 Å². The van der Waals surface area contributed by atoms with E-state index in [1.165, 1.54) is 6.07 Å². The summed E-state index contributed by atoms with van der Waals surface area (Å²) in [6, 6.07) is 6.30. The highest BCUT2D eigenvalue weighted by Gasteiger charge is 2.11. The highest BCUT2D eigenvalue weighted by Crippen LogP contribution is 2.30. The van der Waals surface area contributed by atoms with Gasteiger partial charge in [-0.2, -0.15) is 0 Å². The van der Waals surface area contributed by atoms with Crippen LogP contribution in [0.25, 0.3) is 11.3 Å². The number of aromatic nitrogens is 1. The fourth-order valence-corrected chi connectivity index (χ4v) is 1.79. The molecular weight excluding hydrogens is 248 g/mol. The van der Waals surface area contributed by atoms with Crippen LogP contribution >= 0.6 is 23.2 Å². The van der Waals surface area contributed by atoms with E-state index in [0.717, 1.165) is 5.56 Å². The number of rotatable bonds is 1. The minimum absolute atomic E-state index is 0.220. The third kappa shape index (κ3) is 2.18. The molecule has 0 N–H and O–H groups in total. The molecule has 0 unspecified atom stereocenters. The average Bonchev–Trinajstić information content (AvgIpc) is 2.22. The maximum Gasteiger partial charge on any atom is 0.149 e. The van der Waals surface area contributed by atoms with E-state index in [1.54, 1.807) is 31.3 Å². The van der Waals surface area contributed by atoms with Crippen molar-refractivity contribution in [2.75, 3.05) is 0 Å². The van der Waals surface area contributed by atoms with Gasteiger partial charge < -0.3 is 0 Å². The van der Waals surface area contributed by atoms with Gasteiger partial charge in [0, 0.05) is 16.8 Å². The number of hydrogen-bond acceptors (Lipinski definition) is 1. The Labute approximate surface area is 103 Å². The standard InChI is InChI=1S/C12H8Cl2FN/c1-7-4-11(15)12(16-6-7)9-5-8(13)2-3-10(9)14/h2-6H,1H3. The minimum Gasteiger partial charge on any atom is -0.253 e. The number of halogens is 3. The molecule has 0 spiro atoms. The van der Waals surface area contributed by atoms with E-state index in [2.05, 4.69) is 4.98 Å². The summed E-state index contributed by atoms with van der Waals surface area (Å²) in [5, 5.41) is 0.931. The monoisotopic (exact) mass is 255 g/mol. The maximum atomic E-state index is 13.7. The van der Waals surface area contributed by atoms with Gasteiger partial charge in [0.2, 0.25) is 0 Å². The van der Waals surface area contributed by atoms with Crippen molar-refractivity contribution in [1.29, 1.82) is 0 Å². The Hall–Kier alpha value is -1.12. The molecule has 1 heterocycles. The number of hydrogen-bond donors (Lipinski definition) is 0. The molecule has 0 saturated carbocycles. The Balaban J connectivity index is 2.62. The summed E-state index contributed by atoms with van der Waals surface area (Å²) < 4.78 is 13.7. The van der Waals surface area contributed by atoms with Crippen LogP contribution in [0.1, 0.15) is 5.56 Å². The van der Waals surface area contributed by atoms with Crippen molar-refractivity contribution in [3.05, 3.63) is 51.9 Å². The summed E-state index contributed by atoms with van der Waals surface area (Å²) in [5.41, 5.74) is 1.49. The molecule has 16 heavy (non-hydrogen) atoms. The quantitative estimate of drug-likeness (QED) is 0.731. The Morgan fingerprint density at radius 3 is 2.62 bits per heavy atom. The summed E-state index contributed by atoms with van der Waals surface area (Å²) in [4.78, 5) is 4.03. The second-order valence-electron chi connectivity index (χ2n) is 3.47. The number of pyridine rings is 1. The minimum atomic E-state index is -0.399. The van der Waals surface area contributed by atoms with E-state index < -0.39 is 5.82 Å². The van der Waals surface area contributed by atoms with E-state index in [9.17, 15) is 4.39 Å². The lowest BCUT2D eigenvalue weighted by molar-refractivity contribution is 0.624. The van der Waals surface area contributed by atoms with Gasteiger partial charge >= 0.3 is 0 Å². The molecule has 82 valence electrons. The van der Waals surface area contributed by atoms with E-state index in [4.69, 9.17) is 23.2 Å². The summed E-state index contributed by atoms with van der Waals surface area (Å²) in [5.74, 6) is -0.399. The van der Waals surface area contributed by atoms with Gasteiger partial charge in [-0.3, -0.25) is 4.98 Å². The summed E-state index contributed by atoms with van der Waals surface area (Å²) in [6.07, 6.45) is 1.59. The smallest absolute Gasteiger partial charge is 0.149 e. The van der Waals surface area contributed by atoms with Gasteiger partial charge in [-0.1, -0.05) is 23.2 Å². The first-order valence-electron chi connectivity index (χ1n) is 4.65. The second-order valence-corrected chi connectivity index (χ2v) is 4.31. The number of benzene rings is 1. The molecule has 4 heteroatoms. The zero-order valence-electron chi connectivity index (χ0n) is 8.47. The summed E-state index contributed by atoms with van der Waals surface area (Å²) in [6.45, 7) is 1.78. The van der Waals surface area contributed by atoms with E-state index >= 15 is 0 Å². The van der Waals surface area contributed by atoms with Crippen LogP contribution in [0.4, 0.5) is 4.39 Å². The normalized spacial score (nSPS) is 10.5. The molecule has 2 aromatic rings. The van der Waals surface area contributed by atoms with Crippen LogP contribution in [0.5, 0.6) is 0 Å². The predicted molar refractivity (Wildman–Crippen MR) is 64.4 cm³/mol. The highest BCUT2D eigenvalue weighted by atomic mass is 35.5. The zero-order chi connectivity index (χ0) is 11.7. The first-order chi connectivity index (χ1) is 7.58. The molecular formula is C12H8Cl2FN. The van der Waals surface area contributed by atoms with Gasteiger partial charge in [-0.05, 0) is 36.8 Å². The fourth-order valence-electron chi connectivity index (χ4n) is 1.41. The molecule has 0 aliphatic carbocycles. The Bertz CT molecular complexity index is 541. The average molecular weight is 256 g/mol. The molecule has 2 rings (SSSR count). The maximum absolute atomic E-state index is 13.7. The predicted octanol–water partition coefficient (Wildman–Crippen LogP) is 4.50. The molecule has 0 saturated heterocycles. The molecule has 0 aliphatic rings. The zero-order valence-corrected chi connectivity index (χ0v) is 9.98. The van der Waals surface area contributed by atoms with Crippen LogP contribution in [0.15, 0.2) is 30.5 Å². The lowest BCUT2D eigenvalue weighted by Crippen LogP contribution is -1.91. The summed E-state index contributed by atoms with van der Waals surface area (Å²) >= 11 is 11.8. The first-order valence-corrected chi connectivity index (χ1v) is 5.41. The lowest BCUT2D eigenvalue weighted by Gasteiger charge is -2.06. The van der Waals surface area contributed by atoms with E-state index in [0.29, 0.717) is 15.6 Å². The van der Waals surface area contributed by atoms with Crippen molar-refractivity contribution >= 4 is 23.2 Å². The van der Waals surface area contributed by atoms with Crippen LogP contribution in [-0.4, -0.2) is 4.98 Å². The Morgan fingerprint density at radius 2 is 1.94 bits per heavy atom. The van der Waals surface area contributed by atoms with Gasteiger partial charge in [-0.25, -0.2) is 4.39 Å². The summed E-state index contributed by atoms with van der Waals surface area (Å²) in [7, 11) is 0. The van der Waals surface area contributed by atoms with Crippen LogP contribution < -0.4 is 0 Å². The van der Waals surface area contributed by atoms with Gasteiger partial charge in [0.1, 0.15) is 11.5 Å². The molecule has 0 fully saturated rings. The van der Waals surface area contributed by atoms with Crippen LogP contribution in [-0.2, 0) is 0 Å². The number of nitrogens with zero attached hydrogens (tertiary/aromatic N) is 1. The van der Waals surface area contributed by atoms with Crippen molar-refractivity contribution in [1.82, 2.24) is 4.98 Å². The molecule has 1 nitrogen and oxygen atoms in total. The van der Waals surface area contributed by atoms with Gasteiger partial charge in [0.15, 0.2) is 0 Å². The molecule has 0 bridgehead atoms. The first kappa shape index (κ1) is 11.4. The highest BCUT2D eigenvalue weighted by molar-refractivity contribution is 6.35. The Morgan fingerprint density at radius 1 is 1.19 bits per heavy atom. The van der Waals surface area contributed by atoms with Crippen molar-refractivity contribution in [3.8, 4) is 11.3 Å². The molecule has 0 atom stereocenters. The van der Waals surface area contributed by atoms with Crippen LogP contribution in [0.3, 0.4) is 0 Å². The van der Waals surface area contributed by atoms with E-state index in [1.807, 2.05) is 0 Å². The Kier molecular flexibility index (Phi) is 3.13. The molecule has 0 aliphatic heterocycles. The third-order valence-electron chi connectivity index (χ3n) is 2.16.